The zero-order chi connectivity index (χ0) is 16.5. The van der Waals surface area contributed by atoms with E-state index in [0.29, 0.717) is 12.6 Å². The lowest BCUT2D eigenvalue weighted by Crippen LogP contribution is -2.42. The van der Waals surface area contributed by atoms with Crippen LogP contribution in [0.25, 0.3) is 0 Å². The van der Waals surface area contributed by atoms with E-state index in [4.69, 9.17) is 0 Å². The van der Waals surface area contributed by atoms with E-state index in [1.807, 2.05) is 11.6 Å². The third kappa shape index (κ3) is 7.36. The van der Waals surface area contributed by atoms with Crippen LogP contribution in [0.2, 0.25) is 0 Å². The predicted octanol–water partition coefficient (Wildman–Crippen LogP) is 3.24. The van der Waals surface area contributed by atoms with E-state index in [9.17, 15) is 0 Å². The van der Waals surface area contributed by atoms with Crippen molar-refractivity contribution in [2.24, 2.45) is 18.0 Å². The summed E-state index contributed by atoms with van der Waals surface area (Å²) in [4.78, 5) is 4.62. The molecule has 0 aliphatic heterocycles. The first-order valence-corrected chi connectivity index (χ1v) is 9.06. The number of rotatable bonds is 7. The average molecular weight is 448 g/mol. The molecule has 1 atom stereocenters. The summed E-state index contributed by atoms with van der Waals surface area (Å²) < 4.78 is 1.90. The van der Waals surface area contributed by atoms with Gasteiger partial charge in [0.05, 0.1) is 0 Å². The van der Waals surface area contributed by atoms with E-state index in [2.05, 4.69) is 39.7 Å². The molecule has 0 aromatic carbocycles. The van der Waals surface area contributed by atoms with Gasteiger partial charge in [-0.1, -0.05) is 32.1 Å². The quantitative estimate of drug-likeness (QED) is 0.382. The van der Waals surface area contributed by atoms with Gasteiger partial charge in [0.2, 0.25) is 0 Å². The third-order valence-electron chi connectivity index (χ3n) is 4.64. The van der Waals surface area contributed by atoms with E-state index in [-0.39, 0.29) is 24.0 Å². The molecule has 0 bridgehead atoms. The molecule has 7 heteroatoms. The Hall–Kier alpha value is -0.860. The molecule has 1 aliphatic carbocycles. The van der Waals surface area contributed by atoms with Crippen molar-refractivity contribution in [1.29, 1.82) is 0 Å². The van der Waals surface area contributed by atoms with Gasteiger partial charge in [0.15, 0.2) is 11.8 Å². The standard InChI is InChI=1S/C17H32N6.HI/c1-4-18-17(19-12-16-22-20-13-23(16)3)21-14(2)10-11-15-8-6-5-7-9-15;/h13-15H,4-12H2,1-3H3,(H2,18,19,21);1H. The van der Waals surface area contributed by atoms with Crippen molar-refractivity contribution in [2.75, 3.05) is 6.54 Å². The van der Waals surface area contributed by atoms with Crippen LogP contribution >= 0.6 is 24.0 Å². The molecule has 2 N–H and O–H groups in total. The first kappa shape index (κ1) is 21.2. The smallest absolute Gasteiger partial charge is 0.191 e. The summed E-state index contributed by atoms with van der Waals surface area (Å²) in [5.74, 6) is 2.68. The van der Waals surface area contributed by atoms with Crippen molar-refractivity contribution in [1.82, 2.24) is 25.4 Å². The molecule has 0 radical (unpaired) electrons. The first-order valence-electron chi connectivity index (χ1n) is 9.06. The second-order valence-corrected chi connectivity index (χ2v) is 6.68. The van der Waals surface area contributed by atoms with Gasteiger partial charge in [-0.25, -0.2) is 4.99 Å². The van der Waals surface area contributed by atoms with Crippen molar-refractivity contribution < 1.29 is 0 Å². The maximum Gasteiger partial charge on any atom is 0.191 e. The van der Waals surface area contributed by atoms with Crippen molar-refractivity contribution in [3.05, 3.63) is 12.2 Å². The highest BCUT2D eigenvalue weighted by Gasteiger charge is 2.15. The van der Waals surface area contributed by atoms with Crippen molar-refractivity contribution in [3.63, 3.8) is 0 Å². The largest absolute Gasteiger partial charge is 0.357 e. The van der Waals surface area contributed by atoms with Crippen LogP contribution in [-0.4, -0.2) is 33.3 Å². The Morgan fingerprint density at radius 2 is 2.12 bits per heavy atom. The number of guanidine groups is 1. The zero-order valence-corrected chi connectivity index (χ0v) is 17.6. The monoisotopic (exact) mass is 448 g/mol. The third-order valence-corrected chi connectivity index (χ3v) is 4.64. The molecule has 1 unspecified atom stereocenters. The van der Waals surface area contributed by atoms with Gasteiger partial charge in [-0.3, -0.25) is 0 Å². The van der Waals surface area contributed by atoms with Gasteiger partial charge in [-0.05, 0) is 32.6 Å². The molecule has 1 heterocycles. The lowest BCUT2D eigenvalue weighted by atomic mass is 9.85. The van der Waals surface area contributed by atoms with E-state index >= 15 is 0 Å². The minimum absolute atomic E-state index is 0. The van der Waals surface area contributed by atoms with Crippen LogP contribution in [-0.2, 0) is 13.6 Å². The SMILES string of the molecule is CCNC(=NCc1nncn1C)NC(C)CCC1CCCCC1.I. The Morgan fingerprint density at radius 3 is 2.75 bits per heavy atom. The topological polar surface area (TPSA) is 67.1 Å². The summed E-state index contributed by atoms with van der Waals surface area (Å²) in [6.45, 7) is 5.74. The second kappa shape index (κ2) is 11.7. The maximum absolute atomic E-state index is 4.62. The first-order chi connectivity index (χ1) is 11.2. The van der Waals surface area contributed by atoms with Crippen LogP contribution in [0.15, 0.2) is 11.3 Å². The zero-order valence-electron chi connectivity index (χ0n) is 15.3. The molecule has 2 rings (SSSR count). The Morgan fingerprint density at radius 1 is 1.38 bits per heavy atom. The van der Waals surface area contributed by atoms with Gasteiger partial charge < -0.3 is 15.2 Å². The lowest BCUT2D eigenvalue weighted by molar-refractivity contribution is 0.322. The minimum Gasteiger partial charge on any atom is -0.357 e. The average Bonchev–Trinajstić information content (AvgIpc) is 2.97. The summed E-state index contributed by atoms with van der Waals surface area (Å²) in [6.07, 6.45) is 11.4. The fourth-order valence-electron chi connectivity index (χ4n) is 3.19. The Balaban J connectivity index is 0.00000288. The summed E-state index contributed by atoms with van der Waals surface area (Å²) in [5.41, 5.74) is 0. The molecule has 1 aliphatic rings. The molecule has 0 amide bonds. The van der Waals surface area contributed by atoms with E-state index in [1.165, 1.54) is 44.9 Å². The van der Waals surface area contributed by atoms with Crippen molar-refractivity contribution in [3.8, 4) is 0 Å². The van der Waals surface area contributed by atoms with Crippen LogP contribution in [0, 0.1) is 5.92 Å². The summed E-state index contributed by atoms with van der Waals surface area (Å²) in [6, 6.07) is 0.439. The van der Waals surface area contributed by atoms with Gasteiger partial charge >= 0.3 is 0 Å². The number of aromatic nitrogens is 3. The number of nitrogens with one attached hydrogen (secondary N) is 2. The molecule has 1 aromatic rings. The van der Waals surface area contributed by atoms with E-state index in [0.717, 1.165) is 24.2 Å². The van der Waals surface area contributed by atoms with Gasteiger partial charge in [0.25, 0.3) is 0 Å². The highest BCUT2D eigenvalue weighted by Crippen LogP contribution is 2.27. The fourth-order valence-corrected chi connectivity index (χ4v) is 3.19. The van der Waals surface area contributed by atoms with Crippen LogP contribution in [0.5, 0.6) is 0 Å². The highest BCUT2D eigenvalue weighted by atomic mass is 127. The van der Waals surface area contributed by atoms with E-state index < -0.39 is 0 Å². The number of aryl methyl sites for hydroxylation is 1. The van der Waals surface area contributed by atoms with Crippen molar-refractivity contribution >= 4 is 29.9 Å². The minimum atomic E-state index is 0. The predicted molar refractivity (Wildman–Crippen MR) is 110 cm³/mol. The molecule has 138 valence electrons. The Labute approximate surface area is 163 Å². The second-order valence-electron chi connectivity index (χ2n) is 6.68. The number of hydrogen-bond donors (Lipinski definition) is 2. The molecule has 1 fully saturated rings. The molecule has 0 saturated heterocycles. The van der Waals surface area contributed by atoms with Gasteiger partial charge in [-0.15, -0.1) is 34.2 Å². The number of halogens is 1. The molecule has 24 heavy (non-hydrogen) atoms. The Bertz CT molecular complexity index is 481. The maximum atomic E-state index is 4.62. The number of aliphatic imine (C=N–C) groups is 1. The van der Waals surface area contributed by atoms with E-state index in [1.54, 1.807) is 6.33 Å². The van der Waals surface area contributed by atoms with Gasteiger partial charge in [0.1, 0.15) is 12.9 Å². The molecule has 6 nitrogen and oxygen atoms in total. The normalized spacial score (nSPS) is 17.2. The van der Waals surface area contributed by atoms with Crippen molar-refractivity contribution in [2.45, 2.75) is 71.4 Å². The van der Waals surface area contributed by atoms with Gasteiger partial charge in [0, 0.05) is 19.6 Å². The number of hydrogen-bond acceptors (Lipinski definition) is 3. The Kier molecular flexibility index (Phi) is 10.3. The van der Waals surface area contributed by atoms with Gasteiger partial charge in [-0.2, -0.15) is 0 Å². The molecular weight excluding hydrogens is 415 g/mol. The summed E-state index contributed by atoms with van der Waals surface area (Å²) in [7, 11) is 1.94. The fraction of sp³-hybridized carbons (Fsp3) is 0.824. The number of nitrogens with zero attached hydrogens (tertiary/aromatic N) is 4. The highest BCUT2D eigenvalue weighted by molar-refractivity contribution is 14.0. The summed E-state index contributed by atoms with van der Waals surface area (Å²) in [5, 5.41) is 14.8. The van der Waals surface area contributed by atoms with Crippen LogP contribution < -0.4 is 10.6 Å². The molecule has 1 saturated carbocycles. The van der Waals surface area contributed by atoms with Crippen LogP contribution in [0.1, 0.15) is 64.6 Å². The van der Waals surface area contributed by atoms with Crippen LogP contribution in [0.3, 0.4) is 0 Å². The van der Waals surface area contributed by atoms with Crippen LogP contribution in [0.4, 0.5) is 0 Å². The molecule has 1 aromatic heterocycles. The lowest BCUT2D eigenvalue weighted by Gasteiger charge is -2.24. The summed E-state index contributed by atoms with van der Waals surface area (Å²) >= 11 is 0. The molecular formula is C17H33IN6. The molecule has 0 spiro atoms.